The van der Waals surface area contributed by atoms with Crippen molar-refractivity contribution in [1.29, 1.82) is 0 Å². The maximum atomic E-state index is 13.7. The second kappa shape index (κ2) is 5.78. The Morgan fingerprint density at radius 2 is 2.20 bits per heavy atom. The third-order valence-electron chi connectivity index (χ3n) is 3.16. The van der Waals surface area contributed by atoms with Crippen LogP contribution in [-0.4, -0.2) is 45.7 Å². The molecule has 0 unspecified atom stereocenters. The van der Waals surface area contributed by atoms with E-state index < -0.39 is 15.7 Å². The molecule has 0 fully saturated rings. The van der Waals surface area contributed by atoms with Crippen molar-refractivity contribution in [3.63, 3.8) is 0 Å². The number of sulfone groups is 1. The molecule has 0 saturated heterocycles. The lowest BCUT2D eigenvalue weighted by Gasteiger charge is -2.25. The average molecular weight is 299 g/mol. The van der Waals surface area contributed by atoms with E-state index in [1.54, 1.807) is 0 Å². The predicted octanol–water partition coefficient (Wildman–Crippen LogP) is 1.01. The smallest absolute Gasteiger partial charge is 0.193 e. The molecule has 1 aliphatic rings. The quantitative estimate of drug-likeness (QED) is 0.846. The molecule has 1 aromatic carbocycles. The molecule has 1 aromatic rings. The van der Waals surface area contributed by atoms with Crippen LogP contribution in [0.4, 0.5) is 4.39 Å². The van der Waals surface area contributed by atoms with Crippen LogP contribution in [-0.2, 0) is 16.4 Å². The molecule has 5 nitrogen and oxygen atoms in total. The summed E-state index contributed by atoms with van der Waals surface area (Å²) in [6.45, 7) is 1.86. The molecule has 1 heterocycles. The van der Waals surface area contributed by atoms with Gasteiger partial charge in [0.1, 0.15) is 5.82 Å². The summed E-state index contributed by atoms with van der Waals surface area (Å²) in [6, 6.07) is 3.82. The van der Waals surface area contributed by atoms with Crippen LogP contribution in [0, 0.1) is 5.82 Å². The zero-order valence-electron chi connectivity index (χ0n) is 11.6. The highest BCUT2D eigenvalue weighted by Crippen LogP contribution is 2.15. The van der Waals surface area contributed by atoms with Crippen molar-refractivity contribution < 1.29 is 12.8 Å². The molecule has 0 aromatic heterocycles. The number of hydrogen-bond donors (Lipinski definition) is 1. The van der Waals surface area contributed by atoms with Crippen LogP contribution in [0.1, 0.15) is 12.0 Å². The van der Waals surface area contributed by atoms with Gasteiger partial charge in [0, 0.05) is 38.5 Å². The predicted molar refractivity (Wildman–Crippen MR) is 75.9 cm³/mol. The molecule has 0 aliphatic carbocycles. The Kier molecular flexibility index (Phi) is 4.27. The van der Waals surface area contributed by atoms with Crippen LogP contribution in [0.2, 0.25) is 0 Å². The molecule has 0 saturated carbocycles. The standard InChI is InChI=1S/C13H18FN3O2S/c1-17-7-3-6-15-13(17)16-9-10-8-11(20(2,18)19)4-5-12(10)14/h4-5,8H,3,6-7,9H2,1-2H3,(H,15,16). The van der Waals surface area contributed by atoms with Gasteiger partial charge in [-0.15, -0.1) is 0 Å². The molecule has 2 rings (SSSR count). The van der Waals surface area contributed by atoms with Crippen molar-refractivity contribution in [2.24, 2.45) is 4.99 Å². The van der Waals surface area contributed by atoms with Gasteiger partial charge in [0.05, 0.1) is 4.90 Å². The molecule has 1 N–H and O–H groups in total. The first kappa shape index (κ1) is 14.8. The summed E-state index contributed by atoms with van der Waals surface area (Å²) < 4.78 is 36.7. The summed E-state index contributed by atoms with van der Waals surface area (Å²) in [5.74, 6) is 0.282. The van der Waals surface area contributed by atoms with Crippen LogP contribution < -0.4 is 5.32 Å². The number of rotatable bonds is 3. The Labute approximate surface area is 118 Å². The number of benzene rings is 1. The molecule has 7 heteroatoms. The minimum atomic E-state index is -3.33. The summed E-state index contributed by atoms with van der Waals surface area (Å²) in [5.41, 5.74) is 0.314. The van der Waals surface area contributed by atoms with Gasteiger partial charge in [0.25, 0.3) is 0 Å². The number of hydrogen-bond acceptors (Lipinski definition) is 5. The minimum Gasteiger partial charge on any atom is -0.352 e. The molecule has 0 spiro atoms. The summed E-state index contributed by atoms with van der Waals surface area (Å²) in [6.07, 6.45) is 2.11. The minimum absolute atomic E-state index is 0.120. The molecule has 0 bridgehead atoms. The number of nitrogens with one attached hydrogen (secondary N) is 1. The van der Waals surface area contributed by atoms with Gasteiger partial charge >= 0.3 is 0 Å². The fourth-order valence-corrected chi connectivity index (χ4v) is 2.67. The Morgan fingerprint density at radius 3 is 2.85 bits per heavy atom. The third-order valence-corrected chi connectivity index (χ3v) is 4.27. The van der Waals surface area contributed by atoms with Crippen LogP contribution >= 0.6 is 0 Å². The van der Waals surface area contributed by atoms with E-state index in [9.17, 15) is 12.8 Å². The van der Waals surface area contributed by atoms with E-state index in [1.807, 2.05) is 11.9 Å². The molecular weight excluding hydrogens is 281 g/mol. The number of halogens is 1. The molecule has 0 radical (unpaired) electrons. The van der Waals surface area contributed by atoms with Gasteiger partial charge in [-0.05, 0) is 24.6 Å². The first-order valence-electron chi connectivity index (χ1n) is 6.36. The van der Waals surface area contributed by atoms with Crippen molar-refractivity contribution in [2.45, 2.75) is 17.9 Å². The SMILES string of the molecule is CN1CCCN=C1NCc1cc(S(C)(=O)=O)ccc1F. The molecule has 0 atom stereocenters. The van der Waals surface area contributed by atoms with Gasteiger partial charge in [-0.25, -0.2) is 12.8 Å². The third kappa shape index (κ3) is 3.47. The Balaban J connectivity index is 2.15. The molecule has 110 valence electrons. The van der Waals surface area contributed by atoms with Gasteiger partial charge in [0.15, 0.2) is 15.8 Å². The zero-order valence-corrected chi connectivity index (χ0v) is 12.4. The van der Waals surface area contributed by atoms with Crippen molar-refractivity contribution in [3.8, 4) is 0 Å². The summed E-state index contributed by atoms with van der Waals surface area (Å²) in [4.78, 5) is 6.40. The monoisotopic (exact) mass is 299 g/mol. The number of nitrogens with zero attached hydrogens (tertiary/aromatic N) is 2. The summed E-state index contributed by atoms with van der Waals surface area (Å²) >= 11 is 0. The highest BCUT2D eigenvalue weighted by atomic mass is 32.2. The van der Waals surface area contributed by atoms with E-state index in [-0.39, 0.29) is 11.4 Å². The lowest BCUT2D eigenvalue weighted by Crippen LogP contribution is -2.41. The van der Waals surface area contributed by atoms with Gasteiger partial charge in [-0.1, -0.05) is 0 Å². The maximum Gasteiger partial charge on any atom is 0.193 e. The summed E-state index contributed by atoms with van der Waals surface area (Å²) in [7, 11) is -1.42. The molecule has 0 amide bonds. The maximum absolute atomic E-state index is 13.7. The van der Waals surface area contributed by atoms with Crippen molar-refractivity contribution in [3.05, 3.63) is 29.6 Å². The average Bonchev–Trinajstić information content (AvgIpc) is 2.38. The molecular formula is C13H18FN3O2S. The highest BCUT2D eigenvalue weighted by Gasteiger charge is 2.14. The summed E-state index contributed by atoms with van der Waals surface area (Å²) in [5, 5.41) is 3.05. The van der Waals surface area contributed by atoms with Crippen molar-refractivity contribution >= 4 is 15.8 Å². The second-order valence-electron chi connectivity index (χ2n) is 4.86. The Hall–Kier alpha value is -1.63. The van der Waals surface area contributed by atoms with E-state index in [0.717, 1.165) is 25.8 Å². The van der Waals surface area contributed by atoms with E-state index in [0.29, 0.717) is 11.5 Å². The van der Waals surface area contributed by atoms with Crippen LogP contribution in [0.3, 0.4) is 0 Å². The Morgan fingerprint density at radius 1 is 1.45 bits per heavy atom. The van der Waals surface area contributed by atoms with E-state index >= 15 is 0 Å². The van der Waals surface area contributed by atoms with E-state index in [1.165, 1.54) is 18.2 Å². The van der Waals surface area contributed by atoms with E-state index in [4.69, 9.17) is 0 Å². The van der Waals surface area contributed by atoms with E-state index in [2.05, 4.69) is 10.3 Å². The topological polar surface area (TPSA) is 61.8 Å². The molecule has 1 aliphatic heterocycles. The lowest BCUT2D eigenvalue weighted by atomic mass is 10.2. The van der Waals surface area contributed by atoms with Gasteiger partial charge < -0.3 is 10.2 Å². The lowest BCUT2D eigenvalue weighted by molar-refractivity contribution is 0.445. The highest BCUT2D eigenvalue weighted by molar-refractivity contribution is 7.90. The van der Waals surface area contributed by atoms with Gasteiger partial charge in [-0.3, -0.25) is 4.99 Å². The van der Waals surface area contributed by atoms with Crippen LogP contribution in [0.5, 0.6) is 0 Å². The van der Waals surface area contributed by atoms with Gasteiger partial charge in [0.2, 0.25) is 0 Å². The fraction of sp³-hybridized carbons (Fsp3) is 0.462. The number of guanidine groups is 1. The zero-order chi connectivity index (χ0) is 14.8. The first-order chi connectivity index (χ1) is 9.38. The van der Waals surface area contributed by atoms with Crippen molar-refractivity contribution in [2.75, 3.05) is 26.4 Å². The second-order valence-corrected chi connectivity index (χ2v) is 6.88. The largest absolute Gasteiger partial charge is 0.352 e. The van der Waals surface area contributed by atoms with Crippen molar-refractivity contribution in [1.82, 2.24) is 10.2 Å². The normalized spacial score (nSPS) is 15.9. The van der Waals surface area contributed by atoms with Crippen LogP contribution in [0.25, 0.3) is 0 Å². The first-order valence-corrected chi connectivity index (χ1v) is 8.25. The Bertz CT molecular complexity index is 629. The fourth-order valence-electron chi connectivity index (χ4n) is 2.00. The number of aliphatic imine (C=N–C) groups is 1. The molecule has 20 heavy (non-hydrogen) atoms. The van der Waals surface area contributed by atoms with Crippen LogP contribution in [0.15, 0.2) is 28.1 Å². The van der Waals surface area contributed by atoms with Gasteiger partial charge in [-0.2, -0.15) is 0 Å².